The lowest BCUT2D eigenvalue weighted by molar-refractivity contribution is -0.119. The van der Waals surface area contributed by atoms with E-state index in [2.05, 4.69) is 25.9 Å². The summed E-state index contributed by atoms with van der Waals surface area (Å²) in [5, 5.41) is 17.1. The van der Waals surface area contributed by atoms with Crippen LogP contribution >= 0.6 is 0 Å². The highest BCUT2D eigenvalue weighted by Crippen LogP contribution is 2.38. The van der Waals surface area contributed by atoms with Crippen LogP contribution in [0.25, 0.3) is 0 Å². The lowest BCUT2D eigenvalue weighted by Crippen LogP contribution is -2.40. The average Bonchev–Trinajstić information content (AvgIpc) is 2.80. The number of hydrogen-bond donors (Lipinski definition) is 2. The molecule has 0 unspecified atom stereocenters. The van der Waals surface area contributed by atoms with Gasteiger partial charge in [0.05, 0.1) is 0 Å². The minimum atomic E-state index is 0.0306. The second-order valence-corrected chi connectivity index (χ2v) is 4.98. The van der Waals surface area contributed by atoms with Gasteiger partial charge in [0.2, 0.25) is 5.91 Å². The van der Waals surface area contributed by atoms with Gasteiger partial charge in [-0.25, -0.2) is 0 Å². The first-order valence-corrected chi connectivity index (χ1v) is 6.17. The molecule has 1 heterocycles. The van der Waals surface area contributed by atoms with Crippen LogP contribution in [0.15, 0.2) is 0 Å². The molecule has 0 saturated heterocycles. The Morgan fingerprint density at radius 3 is 2.76 bits per heavy atom. The molecule has 1 saturated carbocycles. The van der Waals surface area contributed by atoms with Gasteiger partial charge in [0, 0.05) is 19.9 Å². The summed E-state index contributed by atoms with van der Waals surface area (Å²) in [6.45, 7) is 2.28. The summed E-state index contributed by atoms with van der Waals surface area (Å²) in [5.41, 5.74) is 0.119. The molecule has 1 aromatic rings. The molecule has 17 heavy (non-hydrogen) atoms. The molecule has 0 spiro atoms. The summed E-state index contributed by atoms with van der Waals surface area (Å²) in [7, 11) is 0. The Bertz CT molecular complexity index is 356. The Morgan fingerprint density at radius 2 is 2.18 bits per heavy atom. The van der Waals surface area contributed by atoms with Gasteiger partial charge >= 0.3 is 0 Å². The molecule has 0 aromatic carbocycles. The van der Waals surface area contributed by atoms with Crippen molar-refractivity contribution >= 4 is 5.91 Å². The number of rotatable bonds is 4. The Morgan fingerprint density at radius 1 is 1.41 bits per heavy atom. The molecular weight excluding hydrogens is 218 g/mol. The van der Waals surface area contributed by atoms with Crippen LogP contribution in [-0.4, -0.2) is 33.1 Å². The number of carbonyl (C=O) groups is 1. The summed E-state index contributed by atoms with van der Waals surface area (Å²) in [6.07, 6.45) is 6.77. The van der Waals surface area contributed by atoms with Crippen molar-refractivity contribution in [1.82, 2.24) is 25.9 Å². The fourth-order valence-electron chi connectivity index (χ4n) is 2.62. The number of tetrazole rings is 1. The third-order valence-corrected chi connectivity index (χ3v) is 3.55. The van der Waals surface area contributed by atoms with Gasteiger partial charge in [-0.05, 0) is 18.3 Å². The van der Waals surface area contributed by atoms with Gasteiger partial charge in [-0.3, -0.25) is 4.79 Å². The van der Waals surface area contributed by atoms with Crippen molar-refractivity contribution in [3.8, 4) is 0 Å². The van der Waals surface area contributed by atoms with Crippen LogP contribution in [0.3, 0.4) is 0 Å². The summed E-state index contributed by atoms with van der Waals surface area (Å²) in [4.78, 5) is 11.1. The minimum Gasteiger partial charge on any atom is -0.356 e. The van der Waals surface area contributed by atoms with E-state index >= 15 is 0 Å². The predicted molar refractivity (Wildman–Crippen MR) is 62.1 cm³/mol. The Hall–Kier alpha value is -1.46. The SMILES string of the molecule is CC(=O)NCC1(Cc2nn[nH]n2)CCCCC1. The maximum atomic E-state index is 11.1. The quantitative estimate of drug-likeness (QED) is 0.812. The van der Waals surface area contributed by atoms with E-state index in [1.54, 1.807) is 6.92 Å². The highest BCUT2D eigenvalue weighted by Gasteiger charge is 2.33. The third kappa shape index (κ3) is 3.25. The van der Waals surface area contributed by atoms with Gasteiger partial charge in [-0.15, -0.1) is 10.2 Å². The fourth-order valence-corrected chi connectivity index (χ4v) is 2.62. The normalized spacial score (nSPS) is 18.9. The number of hydrogen-bond acceptors (Lipinski definition) is 4. The number of nitrogens with one attached hydrogen (secondary N) is 2. The largest absolute Gasteiger partial charge is 0.356 e. The number of carbonyl (C=O) groups excluding carboxylic acids is 1. The molecule has 0 atom stereocenters. The lowest BCUT2D eigenvalue weighted by Gasteiger charge is -2.36. The highest BCUT2D eigenvalue weighted by molar-refractivity contribution is 5.72. The zero-order valence-electron chi connectivity index (χ0n) is 10.2. The summed E-state index contributed by atoms with van der Waals surface area (Å²) in [6, 6.07) is 0. The minimum absolute atomic E-state index is 0.0306. The van der Waals surface area contributed by atoms with Gasteiger partial charge in [-0.1, -0.05) is 24.5 Å². The van der Waals surface area contributed by atoms with Gasteiger partial charge in [0.15, 0.2) is 5.82 Å². The number of H-pyrrole nitrogens is 1. The summed E-state index contributed by atoms with van der Waals surface area (Å²) in [5.74, 6) is 0.778. The Kier molecular flexibility index (Phi) is 3.71. The van der Waals surface area contributed by atoms with Crippen molar-refractivity contribution in [2.75, 3.05) is 6.54 Å². The van der Waals surface area contributed by atoms with Crippen LogP contribution in [0.5, 0.6) is 0 Å². The molecule has 1 aliphatic carbocycles. The molecule has 0 bridgehead atoms. The molecule has 1 fully saturated rings. The third-order valence-electron chi connectivity index (χ3n) is 3.55. The highest BCUT2D eigenvalue weighted by atomic mass is 16.1. The zero-order chi connectivity index (χ0) is 12.1. The van der Waals surface area contributed by atoms with Crippen LogP contribution in [0.1, 0.15) is 44.9 Å². The van der Waals surface area contributed by atoms with E-state index in [9.17, 15) is 4.79 Å². The number of amides is 1. The first kappa shape index (κ1) is 12.0. The summed E-state index contributed by atoms with van der Waals surface area (Å²) < 4.78 is 0. The number of aromatic nitrogens is 4. The van der Waals surface area contributed by atoms with Crippen LogP contribution in [0.4, 0.5) is 0 Å². The molecule has 0 radical (unpaired) electrons. The first-order chi connectivity index (χ1) is 8.20. The maximum Gasteiger partial charge on any atom is 0.216 e. The fraction of sp³-hybridized carbons (Fsp3) is 0.818. The van der Waals surface area contributed by atoms with Gasteiger partial charge in [-0.2, -0.15) is 5.21 Å². The molecule has 2 N–H and O–H groups in total. The molecule has 6 nitrogen and oxygen atoms in total. The smallest absolute Gasteiger partial charge is 0.216 e. The van der Waals surface area contributed by atoms with Crippen molar-refractivity contribution in [3.63, 3.8) is 0 Å². The standard InChI is InChI=1S/C11H19N5O/c1-9(17)12-8-11(5-3-2-4-6-11)7-10-13-15-16-14-10/h2-8H2,1H3,(H,12,17)(H,13,14,15,16). The van der Waals surface area contributed by atoms with Gasteiger partial charge in [0.1, 0.15) is 0 Å². The molecule has 1 aromatic heterocycles. The first-order valence-electron chi connectivity index (χ1n) is 6.17. The van der Waals surface area contributed by atoms with E-state index < -0.39 is 0 Å². The van der Waals surface area contributed by atoms with Gasteiger partial charge < -0.3 is 5.32 Å². The monoisotopic (exact) mass is 237 g/mol. The van der Waals surface area contributed by atoms with Crippen LogP contribution < -0.4 is 5.32 Å². The molecule has 1 aliphatic rings. The van der Waals surface area contributed by atoms with E-state index in [1.807, 2.05) is 0 Å². The average molecular weight is 237 g/mol. The number of aromatic amines is 1. The van der Waals surface area contributed by atoms with E-state index in [0.717, 1.165) is 31.6 Å². The van der Waals surface area contributed by atoms with Crippen LogP contribution in [0, 0.1) is 5.41 Å². The van der Waals surface area contributed by atoms with Crippen LogP contribution in [-0.2, 0) is 11.2 Å². The molecule has 94 valence electrons. The number of nitrogens with zero attached hydrogens (tertiary/aromatic N) is 3. The summed E-state index contributed by atoms with van der Waals surface area (Å²) >= 11 is 0. The van der Waals surface area contributed by atoms with Crippen molar-refractivity contribution in [2.45, 2.75) is 45.4 Å². The molecule has 0 aliphatic heterocycles. The predicted octanol–water partition coefficient (Wildman–Crippen LogP) is 0.829. The van der Waals surface area contributed by atoms with Crippen molar-refractivity contribution in [2.24, 2.45) is 5.41 Å². The lowest BCUT2D eigenvalue weighted by atomic mass is 9.71. The van der Waals surface area contributed by atoms with E-state index in [0.29, 0.717) is 0 Å². The van der Waals surface area contributed by atoms with Crippen LogP contribution in [0.2, 0.25) is 0 Å². The Labute approximate surface area is 101 Å². The molecule has 2 rings (SSSR count). The molecule has 6 heteroatoms. The van der Waals surface area contributed by atoms with E-state index in [1.165, 1.54) is 19.3 Å². The van der Waals surface area contributed by atoms with E-state index in [4.69, 9.17) is 0 Å². The van der Waals surface area contributed by atoms with Gasteiger partial charge in [0.25, 0.3) is 0 Å². The topological polar surface area (TPSA) is 83.6 Å². The van der Waals surface area contributed by atoms with E-state index in [-0.39, 0.29) is 11.3 Å². The Balaban J connectivity index is 2.03. The maximum absolute atomic E-state index is 11.1. The second kappa shape index (κ2) is 5.25. The van der Waals surface area contributed by atoms with Crippen molar-refractivity contribution in [3.05, 3.63) is 5.82 Å². The molecule has 1 amide bonds. The second-order valence-electron chi connectivity index (χ2n) is 4.98. The van der Waals surface area contributed by atoms with Crippen molar-refractivity contribution < 1.29 is 4.79 Å². The molecular formula is C11H19N5O. The zero-order valence-corrected chi connectivity index (χ0v) is 10.2. The van der Waals surface area contributed by atoms with Crippen molar-refractivity contribution in [1.29, 1.82) is 0 Å².